The first-order valence-electron chi connectivity index (χ1n) is 7.01. The fraction of sp³-hybridized carbons (Fsp3) is 0.294. The summed E-state index contributed by atoms with van der Waals surface area (Å²) < 4.78 is 0. The topological polar surface area (TPSA) is 27.8 Å². The van der Waals surface area contributed by atoms with Gasteiger partial charge < -0.3 is 10.3 Å². The van der Waals surface area contributed by atoms with Gasteiger partial charge in [-0.05, 0) is 37.0 Å². The minimum Gasteiger partial charge on any atom is -0.378 e. The average molecular weight is 252 g/mol. The maximum absolute atomic E-state index is 3.66. The smallest absolute Gasteiger partial charge is 0.0575 e. The minimum absolute atomic E-state index is 0.389. The summed E-state index contributed by atoms with van der Waals surface area (Å²) >= 11 is 0. The van der Waals surface area contributed by atoms with Crippen LogP contribution >= 0.6 is 0 Å². The van der Waals surface area contributed by atoms with Crippen molar-refractivity contribution < 1.29 is 0 Å². The molecule has 1 unspecified atom stereocenters. The molecular weight excluding hydrogens is 232 g/mol. The van der Waals surface area contributed by atoms with Crippen LogP contribution in [0.5, 0.6) is 0 Å². The Morgan fingerprint density at radius 2 is 2.16 bits per heavy atom. The van der Waals surface area contributed by atoms with Crippen LogP contribution in [-0.4, -0.2) is 4.98 Å². The summed E-state index contributed by atoms with van der Waals surface area (Å²) in [5.74, 6) is 0. The summed E-state index contributed by atoms with van der Waals surface area (Å²) in [7, 11) is 0. The van der Waals surface area contributed by atoms with Crippen molar-refractivity contribution >= 4 is 10.9 Å². The summed E-state index contributed by atoms with van der Waals surface area (Å²) in [5.41, 5.74) is 5.32. The molecular formula is C17H20N2. The van der Waals surface area contributed by atoms with Gasteiger partial charge in [0.05, 0.1) is 6.04 Å². The summed E-state index contributed by atoms with van der Waals surface area (Å²) in [6.45, 7) is 4.30. The van der Waals surface area contributed by atoms with Crippen molar-refractivity contribution in [1.82, 2.24) is 10.3 Å². The molecule has 3 rings (SSSR count). The van der Waals surface area contributed by atoms with E-state index in [0.717, 1.165) is 12.8 Å². The first-order valence-corrected chi connectivity index (χ1v) is 7.01. The summed E-state index contributed by atoms with van der Waals surface area (Å²) in [4.78, 5) is 3.37. The Balaban J connectivity index is 1.98. The number of allylic oxidation sites excluding steroid dienone is 3. The highest BCUT2D eigenvalue weighted by Gasteiger charge is 2.25. The van der Waals surface area contributed by atoms with Crippen molar-refractivity contribution in [3.8, 4) is 0 Å². The van der Waals surface area contributed by atoms with E-state index in [-0.39, 0.29) is 0 Å². The van der Waals surface area contributed by atoms with Crippen LogP contribution in [0.25, 0.3) is 10.9 Å². The average Bonchev–Trinajstić information content (AvgIpc) is 3.02. The standard InChI is InChI=1S/C17H20N2/c1-3-7-15-12(4-2)10-17(19-15)14-11-18-16-9-6-5-8-13(14)16/h4-9,11,17-19H,3,10H2,1-2H3. The van der Waals surface area contributed by atoms with E-state index >= 15 is 0 Å². The number of aromatic nitrogens is 1. The molecule has 0 spiro atoms. The highest BCUT2D eigenvalue weighted by atomic mass is 15.0. The molecule has 2 heterocycles. The number of nitrogens with one attached hydrogen (secondary N) is 2. The molecule has 0 aliphatic carbocycles. The third-order valence-electron chi connectivity index (χ3n) is 3.85. The zero-order valence-electron chi connectivity index (χ0n) is 11.5. The van der Waals surface area contributed by atoms with Crippen LogP contribution in [0, 0.1) is 0 Å². The van der Waals surface area contributed by atoms with Crippen LogP contribution < -0.4 is 5.32 Å². The number of benzene rings is 1. The zero-order chi connectivity index (χ0) is 13.2. The predicted molar refractivity (Wildman–Crippen MR) is 80.9 cm³/mol. The van der Waals surface area contributed by atoms with Gasteiger partial charge in [-0.1, -0.05) is 37.3 Å². The Labute approximate surface area is 114 Å². The Kier molecular flexibility index (Phi) is 3.16. The van der Waals surface area contributed by atoms with Gasteiger partial charge in [0, 0.05) is 22.8 Å². The number of hydrogen-bond donors (Lipinski definition) is 2. The minimum atomic E-state index is 0.389. The lowest BCUT2D eigenvalue weighted by atomic mass is 10.0. The molecule has 0 amide bonds. The SMILES string of the molecule is CC=C1CC(c2c[nH]c3ccccc23)NC1=CCC. The number of rotatable bonds is 2. The van der Waals surface area contributed by atoms with Crippen LogP contribution in [0.4, 0.5) is 0 Å². The molecule has 1 atom stereocenters. The summed E-state index contributed by atoms with van der Waals surface area (Å²) in [5, 5.41) is 4.99. The second-order valence-corrected chi connectivity index (χ2v) is 5.03. The van der Waals surface area contributed by atoms with Crippen molar-refractivity contribution in [2.45, 2.75) is 32.7 Å². The molecule has 1 aliphatic rings. The van der Waals surface area contributed by atoms with E-state index in [1.54, 1.807) is 0 Å². The van der Waals surface area contributed by atoms with Gasteiger partial charge in [-0.3, -0.25) is 0 Å². The Morgan fingerprint density at radius 3 is 2.95 bits per heavy atom. The monoisotopic (exact) mass is 252 g/mol. The van der Waals surface area contributed by atoms with Crippen LogP contribution in [-0.2, 0) is 0 Å². The number of hydrogen-bond acceptors (Lipinski definition) is 1. The lowest BCUT2D eigenvalue weighted by Crippen LogP contribution is -2.11. The van der Waals surface area contributed by atoms with Crippen molar-refractivity contribution in [1.29, 1.82) is 0 Å². The third-order valence-corrected chi connectivity index (χ3v) is 3.85. The van der Waals surface area contributed by atoms with Crippen LogP contribution in [0.1, 0.15) is 38.3 Å². The lowest BCUT2D eigenvalue weighted by molar-refractivity contribution is 0.679. The number of H-pyrrole nitrogens is 1. The molecule has 1 saturated heterocycles. The van der Waals surface area contributed by atoms with E-state index in [1.165, 1.54) is 27.7 Å². The molecule has 2 N–H and O–H groups in total. The fourth-order valence-corrected chi connectivity index (χ4v) is 2.90. The van der Waals surface area contributed by atoms with Gasteiger partial charge in [-0.15, -0.1) is 0 Å². The van der Waals surface area contributed by atoms with E-state index < -0.39 is 0 Å². The van der Waals surface area contributed by atoms with E-state index in [0.29, 0.717) is 6.04 Å². The molecule has 0 saturated carbocycles. The molecule has 19 heavy (non-hydrogen) atoms. The van der Waals surface area contributed by atoms with Gasteiger partial charge in [0.25, 0.3) is 0 Å². The maximum atomic E-state index is 3.66. The van der Waals surface area contributed by atoms with Crippen LogP contribution in [0.3, 0.4) is 0 Å². The van der Waals surface area contributed by atoms with Crippen LogP contribution in [0.15, 0.2) is 53.9 Å². The normalized spacial score (nSPS) is 23.4. The van der Waals surface area contributed by atoms with Crippen molar-refractivity contribution in [2.75, 3.05) is 0 Å². The maximum Gasteiger partial charge on any atom is 0.0575 e. The predicted octanol–water partition coefficient (Wildman–Crippen LogP) is 4.44. The number of fused-ring (bicyclic) bond motifs is 1. The highest BCUT2D eigenvalue weighted by Crippen LogP contribution is 2.36. The molecule has 0 bridgehead atoms. The van der Waals surface area contributed by atoms with Gasteiger partial charge in [-0.2, -0.15) is 0 Å². The van der Waals surface area contributed by atoms with Gasteiger partial charge in [-0.25, -0.2) is 0 Å². The number of para-hydroxylation sites is 1. The fourth-order valence-electron chi connectivity index (χ4n) is 2.90. The molecule has 2 aromatic rings. The Morgan fingerprint density at radius 1 is 1.32 bits per heavy atom. The summed E-state index contributed by atoms with van der Waals surface area (Å²) in [6.07, 6.45) is 8.79. The quantitative estimate of drug-likeness (QED) is 0.812. The molecule has 1 aliphatic heterocycles. The third kappa shape index (κ3) is 2.07. The molecule has 1 fully saturated rings. The van der Waals surface area contributed by atoms with Crippen molar-refractivity contribution in [3.63, 3.8) is 0 Å². The zero-order valence-corrected chi connectivity index (χ0v) is 11.5. The van der Waals surface area contributed by atoms with Gasteiger partial charge in [0.15, 0.2) is 0 Å². The van der Waals surface area contributed by atoms with Gasteiger partial charge in [0.1, 0.15) is 0 Å². The van der Waals surface area contributed by atoms with Crippen molar-refractivity contribution in [3.05, 3.63) is 59.4 Å². The first kappa shape index (κ1) is 12.1. The molecule has 0 radical (unpaired) electrons. The van der Waals surface area contributed by atoms with Gasteiger partial charge in [0.2, 0.25) is 0 Å². The highest BCUT2D eigenvalue weighted by molar-refractivity contribution is 5.83. The Bertz CT molecular complexity index is 646. The van der Waals surface area contributed by atoms with Crippen molar-refractivity contribution in [2.24, 2.45) is 0 Å². The molecule has 98 valence electrons. The molecule has 1 aromatic carbocycles. The second-order valence-electron chi connectivity index (χ2n) is 5.03. The number of aromatic amines is 1. The lowest BCUT2D eigenvalue weighted by Gasteiger charge is -2.09. The molecule has 2 nitrogen and oxygen atoms in total. The van der Waals surface area contributed by atoms with E-state index in [4.69, 9.17) is 0 Å². The Hall–Kier alpha value is -1.96. The van der Waals surface area contributed by atoms with E-state index in [9.17, 15) is 0 Å². The van der Waals surface area contributed by atoms with Gasteiger partial charge >= 0.3 is 0 Å². The largest absolute Gasteiger partial charge is 0.378 e. The van der Waals surface area contributed by atoms with Crippen LogP contribution in [0.2, 0.25) is 0 Å². The molecule has 1 aromatic heterocycles. The first-order chi connectivity index (χ1) is 9.33. The van der Waals surface area contributed by atoms with E-state index in [1.807, 2.05) is 0 Å². The second kappa shape index (κ2) is 4.96. The van der Waals surface area contributed by atoms with E-state index in [2.05, 4.69) is 66.8 Å². The molecule has 2 heteroatoms. The summed E-state index contributed by atoms with van der Waals surface area (Å²) in [6, 6.07) is 8.89.